The molecule has 0 bridgehead atoms. The normalized spacial score (nSPS) is 15.5. The third-order valence-electron chi connectivity index (χ3n) is 4.87. The molecule has 0 saturated carbocycles. The number of hydrogen-bond acceptors (Lipinski definition) is 6. The van der Waals surface area contributed by atoms with Crippen LogP contribution in [-0.4, -0.2) is 55.1 Å². The van der Waals surface area contributed by atoms with E-state index in [-0.39, 0.29) is 11.8 Å². The van der Waals surface area contributed by atoms with E-state index < -0.39 is 5.54 Å². The third-order valence-corrected chi connectivity index (χ3v) is 5.85. The van der Waals surface area contributed by atoms with Gasteiger partial charge in [-0.3, -0.25) is 9.69 Å². The topological polar surface area (TPSA) is 55.8 Å². The van der Waals surface area contributed by atoms with Gasteiger partial charge in [-0.25, -0.2) is 4.79 Å². The van der Waals surface area contributed by atoms with Gasteiger partial charge in [-0.05, 0) is 43.0 Å². The number of Topliss-reactive ketones (excluding diaryl/α,β-unsaturated/α-hetero) is 1. The first-order chi connectivity index (χ1) is 13.0. The van der Waals surface area contributed by atoms with Gasteiger partial charge >= 0.3 is 5.97 Å². The highest BCUT2D eigenvalue weighted by Crippen LogP contribution is 2.26. The Morgan fingerprint density at radius 1 is 1.19 bits per heavy atom. The number of thiophene rings is 1. The fourth-order valence-corrected chi connectivity index (χ4v) is 4.15. The zero-order valence-corrected chi connectivity index (χ0v) is 16.6. The first-order valence-electron chi connectivity index (χ1n) is 9.15. The lowest BCUT2D eigenvalue weighted by atomic mass is 9.94. The summed E-state index contributed by atoms with van der Waals surface area (Å²) in [5.74, 6) is -0.197. The molecule has 0 spiro atoms. The summed E-state index contributed by atoms with van der Waals surface area (Å²) in [6.07, 6.45) is 0.598. The summed E-state index contributed by atoms with van der Waals surface area (Å²) in [7, 11) is 0. The minimum absolute atomic E-state index is 0.127. The third kappa shape index (κ3) is 4.83. The molecule has 1 saturated heterocycles. The Bertz CT molecular complexity index is 778. The SMILES string of the molecule is CC(C)(C(=O)c1cc(CCOC(=O)c2ccccc2)cs1)N1CCOCC1. The molecule has 1 aromatic heterocycles. The molecule has 1 aromatic carbocycles. The van der Waals surface area contributed by atoms with Crippen LogP contribution < -0.4 is 0 Å². The van der Waals surface area contributed by atoms with Crippen LogP contribution in [0.1, 0.15) is 39.4 Å². The zero-order valence-electron chi connectivity index (χ0n) is 15.8. The molecule has 0 atom stereocenters. The van der Waals surface area contributed by atoms with Crippen LogP contribution in [-0.2, 0) is 15.9 Å². The monoisotopic (exact) mass is 387 g/mol. The molecular formula is C21H25NO4S. The minimum atomic E-state index is -0.550. The number of carbonyl (C=O) groups is 2. The summed E-state index contributed by atoms with van der Waals surface area (Å²) in [4.78, 5) is 27.9. The van der Waals surface area contributed by atoms with E-state index in [1.54, 1.807) is 12.1 Å². The van der Waals surface area contributed by atoms with Crippen LogP contribution in [0, 0.1) is 0 Å². The number of nitrogens with zero attached hydrogens (tertiary/aromatic N) is 1. The van der Waals surface area contributed by atoms with Crippen molar-refractivity contribution in [3.8, 4) is 0 Å². The summed E-state index contributed by atoms with van der Waals surface area (Å²) < 4.78 is 10.7. The van der Waals surface area contributed by atoms with Crippen molar-refractivity contribution in [3.63, 3.8) is 0 Å². The van der Waals surface area contributed by atoms with Gasteiger partial charge in [0, 0.05) is 19.5 Å². The van der Waals surface area contributed by atoms with Crippen LogP contribution in [0.25, 0.3) is 0 Å². The average Bonchev–Trinajstić information content (AvgIpc) is 3.17. The van der Waals surface area contributed by atoms with Crippen molar-refractivity contribution in [1.82, 2.24) is 4.90 Å². The van der Waals surface area contributed by atoms with Crippen molar-refractivity contribution in [2.45, 2.75) is 25.8 Å². The number of rotatable bonds is 7. The van der Waals surface area contributed by atoms with Crippen LogP contribution in [0.5, 0.6) is 0 Å². The first-order valence-corrected chi connectivity index (χ1v) is 10.0. The summed E-state index contributed by atoms with van der Waals surface area (Å²) in [5, 5.41) is 1.97. The first kappa shape index (κ1) is 19.7. The Balaban J connectivity index is 1.54. The molecule has 0 amide bonds. The van der Waals surface area contributed by atoms with Gasteiger partial charge in [0.2, 0.25) is 0 Å². The average molecular weight is 388 g/mol. The molecule has 1 fully saturated rings. The lowest BCUT2D eigenvalue weighted by Crippen LogP contribution is -2.54. The van der Waals surface area contributed by atoms with Gasteiger partial charge in [0.25, 0.3) is 0 Å². The molecule has 0 unspecified atom stereocenters. The van der Waals surface area contributed by atoms with Gasteiger partial charge in [-0.1, -0.05) is 18.2 Å². The maximum atomic E-state index is 13.0. The maximum absolute atomic E-state index is 13.0. The van der Waals surface area contributed by atoms with Crippen molar-refractivity contribution in [2.75, 3.05) is 32.9 Å². The van der Waals surface area contributed by atoms with Gasteiger partial charge in [0.1, 0.15) is 0 Å². The lowest BCUT2D eigenvalue weighted by molar-refractivity contribution is -0.00415. The molecule has 2 heterocycles. The maximum Gasteiger partial charge on any atom is 0.338 e. The van der Waals surface area contributed by atoms with E-state index >= 15 is 0 Å². The second kappa shape index (κ2) is 8.78. The van der Waals surface area contributed by atoms with E-state index in [2.05, 4.69) is 4.90 Å². The molecule has 1 aliphatic heterocycles. The molecule has 0 N–H and O–H groups in total. The fourth-order valence-electron chi connectivity index (χ4n) is 3.11. The second-order valence-corrected chi connectivity index (χ2v) is 7.97. The fraction of sp³-hybridized carbons (Fsp3) is 0.429. The minimum Gasteiger partial charge on any atom is -0.462 e. The molecule has 144 valence electrons. The van der Waals surface area contributed by atoms with E-state index in [1.807, 2.05) is 43.5 Å². The number of carbonyl (C=O) groups excluding carboxylic acids is 2. The molecule has 1 aliphatic rings. The summed E-state index contributed by atoms with van der Waals surface area (Å²) in [5.41, 5.74) is 1.01. The predicted molar refractivity (Wildman–Crippen MR) is 106 cm³/mol. The Hall–Kier alpha value is -2.02. The number of morpholine rings is 1. The number of benzene rings is 1. The van der Waals surface area contributed by atoms with Crippen molar-refractivity contribution >= 4 is 23.1 Å². The van der Waals surface area contributed by atoms with Crippen LogP contribution in [0.3, 0.4) is 0 Å². The largest absolute Gasteiger partial charge is 0.462 e. The molecule has 5 nitrogen and oxygen atoms in total. The Kier molecular flexibility index (Phi) is 6.42. The van der Waals surface area contributed by atoms with Gasteiger partial charge in [0.05, 0.1) is 35.8 Å². The highest BCUT2D eigenvalue weighted by molar-refractivity contribution is 7.12. The van der Waals surface area contributed by atoms with Crippen molar-refractivity contribution < 1.29 is 19.1 Å². The molecular weight excluding hydrogens is 362 g/mol. The number of ether oxygens (including phenoxy) is 2. The summed E-state index contributed by atoms with van der Waals surface area (Å²) >= 11 is 1.46. The van der Waals surface area contributed by atoms with Gasteiger partial charge < -0.3 is 9.47 Å². The Morgan fingerprint density at radius 2 is 1.89 bits per heavy atom. The van der Waals surface area contributed by atoms with Gasteiger partial charge in [-0.2, -0.15) is 0 Å². The van der Waals surface area contributed by atoms with Crippen LogP contribution in [0.15, 0.2) is 41.8 Å². The Morgan fingerprint density at radius 3 is 2.59 bits per heavy atom. The van der Waals surface area contributed by atoms with E-state index in [0.717, 1.165) is 23.5 Å². The van der Waals surface area contributed by atoms with E-state index in [9.17, 15) is 9.59 Å². The standard InChI is InChI=1S/C21H25NO4S/c1-21(2,22-9-12-25-13-10-22)19(23)18-14-16(15-27-18)8-11-26-20(24)17-6-4-3-5-7-17/h3-7,14-15H,8-13H2,1-2H3. The van der Waals surface area contributed by atoms with Gasteiger partial charge in [0.15, 0.2) is 5.78 Å². The number of hydrogen-bond donors (Lipinski definition) is 0. The lowest BCUT2D eigenvalue weighted by Gasteiger charge is -2.39. The van der Waals surface area contributed by atoms with Gasteiger partial charge in [-0.15, -0.1) is 11.3 Å². The smallest absolute Gasteiger partial charge is 0.338 e. The highest BCUT2D eigenvalue weighted by Gasteiger charge is 2.36. The summed E-state index contributed by atoms with van der Waals surface area (Å²) in [6.45, 7) is 7.12. The van der Waals surface area contributed by atoms with E-state index in [0.29, 0.717) is 31.8 Å². The highest BCUT2D eigenvalue weighted by atomic mass is 32.1. The number of esters is 1. The van der Waals surface area contributed by atoms with E-state index in [4.69, 9.17) is 9.47 Å². The predicted octanol–water partition coefficient (Wildman–Crippen LogP) is 3.44. The van der Waals surface area contributed by atoms with Crippen molar-refractivity contribution in [2.24, 2.45) is 0 Å². The molecule has 6 heteroatoms. The molecule has 27 heavy (non-hydrogen) atoms. The van der Waals surface area contributed by atoms with Crippen molar-refractivity contribution in [1.29, 1.82) is 0 Å². The van der Waals surface area contributed by atoms with E-state index in [1.165, 1.54) is 11.3 Å². The molecule has 2 aromatic rings. The van der Waals surface area contributed by atoms with Crippen LogP contribution >= 0.6 is 11.3 Å². The second-order valence-electron chi connectivity index (χ2n) is 7.06. The molecule has 0 aliphatic carbocycles. The van der Waals surface area contributed by atoms with Crippen molar-refractivity contribution in [3.05, 3.63) is 57.8 Å². The Labute approximate surface area is 163 Å². The zero-order chi connectivity index (χ0) is 19.3. The molecule has 3 rings (SSSR count). The summed E-state index contributed by atoms with van der Waals surface area (Å²) in [6, 6.07) is 10.9. The van der Waals surface area contributed by atoms with Crippen LogP contribution in [0.4, 0.5) is 0 Å². The van der Waals surface area contributed by atoms with Crippen LogP contribution in [0.2, 0.25) is 0 Å². The quantitative estimate of drug-likeness (QED) is 0.538. The molecule has 0 radical (unpaired) electrons. The number of ketones is 1.